The Labute approximate surface area is 131 Å². The maximum Gasteiger partial charge on any atom is 0.234 e. The Hall–Kier alpha value is -2.32. The molecule has 0 bridgehead atoms. The van der Waals surface area contributed by atoms with Gasteiger partial charge in [-0.1, -0.05) is 34.7 Å². The van der Waals surface area contributed by atoms with Crippen LogP contribution in [-0.4, -0.2) is 36.9 Å². The average molecular weight is 317 g/mol. The first-order valence-electron chi connectivity index (χ1n) is 6.80. The van der Waals surface area contributed by atoms with Crippen molar-refractivity contribution in [2.45, 2.75) is 20.0 Å². The van der Waals surface area contributed by atoms with E-state index in [-0.39, 0.29) is 6.61 Å². The van der Waals surface area contributed by atoms with Crippen molar-refractivity contribution in [3.05, 3.63) is 46.7 Å². The van der Waals surface area contributed by atoms with Gasteiger partial charge in [0, 0.05) is 6.42 Å². The van der Waals surface area contributed by atoms with Crippen LogP contribution in [0.25, 0.3) is 5.13 Å². The van der Waals surface area contributed by atoms with Crippen LogP contribution in [0.2, 0.25) is 0 Å². The third-order valence-electron chi connectivity index (χ3n) is 3.04. The van der Waals surface area contributed by atoms with Crippen LogP contribution < -0.4 is 4.74 Å². The summed E-state index contributed by atoms with van der Waals surface area (Å²) < 4.78 is 7.31. The van der Waals surface area contributed by atoms with Crippen molar-refractivity contribution >= 4 is 11.3 Å². The molecule has 0 aliphatic rings. The Morgan fingerprint density at radius 1 is 1.18 bits per heavy atom. The number of nitrogens with zero attached hydrogens (tertiary/aromatic N) is 5. The number of hydrogen-bond acceptors (Lipinski definition) is 7. The molecule has 0 amide bonds. The minimum absolute atomic E-state index is 0.168. The normalized spacial score (nSPS) is 10.8. The second kappa shape index (κ2) is 6.63. The largest absolute Gasteiger partial charge is 0.493 e. The number of benzene rings is 1. The lowest BCUT2D eigenvalue weighted by atomic mass is 10.2. The van der Waals surface area contributed by atoms with E-state index in [9.17, 15) is 5.11 Å². The van der Waals surface area contributed by atoms with Gasteiger partial charge in [-0.05, 0) is 19.1 Å². The molecule has 0 aliphatic carbocycles. The predicted octanol–water partition coefficient (Wildman–Crippen LogP) is 1.54. The Morgan fingerprint density at radius 3 is 2.68 bits per heavy atom. The van der Waals surface area contributed by atoms with E-state index in [1.165, 1.54) is 11.3 Å². The number of para-hydroxylation sites is 1. The van der Waals surface area contributed by atoms with Crippen molar-refractivity contribution < 1.29 is 9.84 Å². The molecule has 0 fully saturated rings. The van der Waals surface area contributed by atoms with Crippen LogP contribution in [0.15, 0.2) is 30.3 Å². The zero-order chi connectivity index (χ0) is 15.4. The fourth-order valence-electron chi connectivity index (χ4n) is 2.01. The van der Waals surface area contributed by atoms with E-state index in [0.29, 0.717) is 23.9 Å². The molecule has 0 unspecified atom stereocenters. The van der Waals surface area contributed by atoms with Gasteiger partial charge in [0.25, 0.3) is 0 Å². The van der Waals surface area contributed by atoms with Gasteiger partial charge in [-0.15, -0.1) is 15.3 Å². The first kappa shape index (κ1) is 14.6. The SMILES string of the molecule is Cc1nnc(-n2nnc(CO)c2CCOc2ccccc2)s1. The number of aromatic nitrogens is 5. The van der Waals surface area contributed by atoms with Crippen molar-refractivity contribution in [1.29, 1.82) is 0 Å². The first-order chi connectivity index (χ1) is 10.8. The van der Waals surface area contributed by atoms with Gasteiger partial charge >= 0.3 is 0 Å². The minimum atomic E-state index is -0.168. The summed E-state index contributed by atoms with van der Waals surface area (Å²) in [5.41, 5.74) is 1.32. The average Bonchev–Trinajstić information content (AvgIpc) is 3.14. The number of aliphatic hydroxyl groups is 1. The van der Waals surface area contributed by atoms with Crippen molar-refractivity contribution in [3.8, 4) is 10.9 Å². The van der Waals surface area contributed by atoms with Gasteiger partial charge in [0.05, 0.1) is 18.9 Å². The second-order valence-corrected chi connectivity index (χ2v) is 5.73. The standard InChI is InChI=1S/C14H15N5O2S/c1-10-15-17-14(22-10)19-13(12(9-20)16-18-19)7-8-21-11-5-3-2-4-6-11/h2-6,20H,7-9H2,1H3. The molecule has 3 aromatic rings. The third kappa shape index (κ3) is 3.12. The van der Waals surface area contributed by atoms with Gasteiger partial charge in [0.2, 0.25) is 5.13 Å². The summed E-state index contributed by atoms with van der Waals surface area (Å²) in [6.45, 7) is 2.17. The number of aryl methyl sites for hydroxylation is 1. The molecule has 1 N–H and O–H groups in total. The summed E-state index contributed by atoms with van der Waals surface area (Å²) in [5, 5.41) is 27.0. The lowest BCUT2D eigenvalue weighted by Gasteiger charge is -2.07. The molecular formula is C14H15N5O2S. The molecule has 2 heterocycles. The fourth-order valence-corrected chi connectivity index (χ4v) is 2.67. The van der Waals surface area contributed by atoms with Crippen LogP contribution in [0.3, 0.4) is 0 Å². The zero-order valence-electron chi connectivity index (χ0n) is 12.0. The molecule has 8 heteroatoms. The fraction of sp³-hybridized carbons (Fsp3) is 0.286. The highest BCUT2D eigenvalue weighted by atomic mass is 32.1. The van der Waals surface area contributed by atoms with Crippen molar-refractivity contribution in [1.82, 2.24) is 25.2 Å². The van der Waals surface area contributed by atoms with Gasteiger partial charge in [-0.2, -0.15) is 4.68 Å². The summed E-state index contributed by atoms with van der Waals surface area (Å²) in [5.74, 6) is 0.804. The van der Waals surface area contributed by atoms with Gasteiger partial charge in [-0.3, -0.25) is 0 Å². The van der Waals surface area contributed by atoms with Crippen LogP contribution >= 0.6 is 11.3 Å². The van der Waals surface area contributed by atoms with E-state index in [4.69, 9.17) is 4.74 Å². The Balaban J connectivity index is 1.76. The van der Waals surface area contributed by atoms with E-state index < -0.39 is 0 Å². The molecular weight excluding hydrogens is 302 g/mol. The second-order valence-electron chi connectivity index (χ2n) is 4.57. The third-order valence-corrected chi connectivity index (χ3v) is 3.85. The molecule has 0 atom stereocenters. The number of hydrogen-bond donors (Lipinski definition) is 1. The summed E-state index contributed by atoms with van der Waals surface area (Å²) in [4.78, 5) is 0. The molecule has 2 aromatic heterocycles. The van der Waals surface area contributed by atoms with Gasteiger partial charge < -0.3 is 9.84 Å². The van der Waals surface area contributed by atoms with E-state index in [1.807, 2.05) is 37.3 Å². The quantitative estimate of drug-likeness (QED) is 0.742. The molecule has 114 valence electrons. The molecule has 0 radical (unpaired) electrons. The van der Waals surface area contributed by atoms with Gasteiger partial charge in [-0.25, -0.2) is 0 Å². The molecule has 1 aromatic carbocycles. The van der Waals surface area contributed by atoms with Crippen LogP contribution in [0.4, 0.5) is 0 Å². The Morgan fingerprint density at radius 2 is 2.00 bits per heavy atom. The van der Waals surface area contributed by atoms with Crippen LogP contribution in [0.5, 0.6) is 5.75 Å². The van der Waals surface area contributed by atoms with E-state index in [1.54, 1.807) is 4.68 Å². The smallest absolute Gasteiger partial charge is 0.234 e. The molecule has 3 rings (SSSR count). The minimum Gasteiger partial charge on any atom is -0.493 e. The maximum absolute atomic E-state index is 9.41. The summed E-state index contributed by atoms with van der Waals surface area (Å²) in [7, 11) is 0. The Bertz CT molecular complexity index is 741. The first-order valence-corrected chi connectivity index (χ1v) is 7.62. The van der Waals surface area contributed by atoms with E-state index >= 15 is 0 Å². The number of ether oxygens (including phenoxy) is 1. The topological polar surface area (TPSA) is 86.0 Å². The molecule has 22 heavy (non-hydrogen) atoms. The Kier molecular flexibility index (Phi) is 4.40. The van der Waals surface area contributed by atoms with Crippen molar-refractivity contribution in [2.24, 2.45) is 0 Å². The van der Waals surface area contributed by atoms with Gasteiger partial charge in [0.15, 0.2) is 0 Å². The number of aliphatic hydroxyl groups excluding tert-OH is 1. The molecule has 0 spiro atoms. The van der Waals surface area contributed by atoms with Crippen molar-refractivity contribution in [2.75, 3.05) is 6.61 Å². The molecule has 0 saturated carbocycles. The predicted molar refractivity (Wildman–Crippen MR) is 81.1 cm³/mol. The van der Waals surface area contributed by atoms with E-state index in [0.717, 1.165) is 16.5 Å². The molecule has 0 aliphatic heterocycles. The lowest BCUT2D eigenvalue weighted by molar-refractivity contribution is 0.273. The summed E-state index contributed by atoms with van der Waals surface area (Å²) in [6, 6.07) is 9.58. The monoisotopic (exact) mass is 317 g/mol. The van der Waals surface area contributed by atoms with E-state index in [2.05, 4.69) is 20.5 Å². The number of rotatable bonds is 6. The van der Waals surface area contributed by atoms with Crippen LogP contribution in [0.1, 0.15) is 16.4 Å². The maximum atomic E-state index is 9.41. The highest BCUT2D eigenvalue weighted by molar-refractivity contribution is 7.13. The summed E-state index contributed by atoms with van der Waals surface area (Å²) in [6.07, 6.45) is 0.566. The highest BCUT2D eigenvalue weighted by Gasteiger charge is 2.16. The zero-order valence-corrected chi connectivity index (χ0v) is 12.8. The molecule has 7 nitrogen and oxygen atoms in total. The van der Waals surface area contributed by atoms with Crippen LogP contribution in [-0.2, 0) is 13.0 Å². The van der Waals surface area contributed by atoms with Crippen LogP contribution in [0, 0.1) is 6.92 Å². The highest BCUT2D eigenvalue weighted by Crippen LogP contribution is 2.18. The molecule has 0 saturated heterocycles. The lowest BCUT2D eigenvalue weighted by Crippen LogP contribution is -2.09. The van der Waals surface area contributed by atoms with Crippen molar-refractivity contribution in [3.63, 3.8) is 0 Å². The van der Waals surface area contributed by atoms with Gasteiger partial charge in [0.1, 0.15) is 16.5 Å². The summed E-state index contributed by atoms with van der Waals surface area (Å²) >= 11 is 1.42.